The number of aryl methyl sites for hydroxylation is 2. The van der Waals surface area contributed by atoms with Gasteiger partial charge in [0, 0.05) is 16.7 Å². The predicted octanol–water partition coefficient (Wildman–Crippen LogP) is 2.19. The number of hydrogen-bond acceptors (Lipinski definition) is 4. The van der Waals surface area contributed by atoms with Gasteiger partial charge >= 0.3 is 0 Å². The molecular weight excluding hydrogens is 260 g/mol. The number of aromatic nitrogens is 4. The van der Waals surface area contributed by atoms with Gasteiger partial charge in [0.1, 0.15) is 0 Å². The third kappa shape index (κ3) is 2.26. The standard InChI is InChI=1S/C13H12N4OS/c1-8-5-3-4-6-10(8)19-13-15-12-14-9(2)7-11(18)17(12)16-13/h3-7H,1-2H3,(H,14,15,16). The van der Waals surface area contributed by atoms with E-state index in [-0.39, 0.29) is 5.56 Å². The highest BCUT2D eigenvalue weighted by Crippen LogP contribution is 2.27. The van der Waals surface area contributed by atoms with E-state index in [1.807, 2.05) is 31.2 Å². The van der Waals surface area contributed by atoms with E-state index in [0.717, 1.165) is 4.90 Å². The second-order valence-electron chi connectivity index (χ2n) is 4.27. The predicted molar refractivity (Wildman–Crippen MR) is 73.6 cm³/mol. The molecule has 1 aromatic carbocycles. The molecule has 6 heteroatoms. The summed E-state index contributed by atoms with van der Waals surface area (Å²) in [4.78, 5) is 21.4. The summed E-state index contributed by atoms with van der Waals surface area (Å²) in [7, 11) is 0. The Morgan fingerprint density at radius 2 is 2.00 bits per heavy atom. The number of nitrogens with zero attached hydrogens (tertiary/aromatic N) is 3. The van der Waals surface area contributed by atoms with Gasteiger partial charge in [0.2, 0.25) is 0 Å². The van der Waals surface area contributed by atoms with Crippen molar-refractivity contribution in [1.29, 1.82) is 0 Å². The van der Waals surface area contributed by atoms with E-state index in [4.69, 9.17) is 0 Å². The van der Waals surface area contributed by atoms with Crippen molar-refractivity contribution >= 4 is 17.5 Å². The second-order valence-corrected chi connectivity index (χ2v) is 5.30. The van der Waals surface area contributed by atoms with Crippen LogP contribution in [0.25, 0.3) is 5.78 Å². The maximum Gasteiger partial charge on any atom is 0.274 e. The van der Waals surface area contributed by atoms with Crippen molar-refractivity contribution in [3.63, 3.8) is 0 Å². The molecule has 3 rings (SSSR count). The Hall–Kier alpha value is -2.08. The molecule has 2 heterocycles. The van der Waals surface area contributed by atoms with Gasteiger partial charge in [0.15, 0.2) is 5.16 Å². The van der Waals surface area contributed by atoms with E-state index in [2.05, 4.69) is 15.1 Å². The molecule has 0 radical (unpaired) electrons. The van der Waals surface area contributed by atoms with Crippen LogP contribution in [0.1, 0.15) is 11.3 Å². The van der Waals surface area contributed by atoms with Gasteiger partial charge in [0.25, 0.3) is 11.3 Å². The summed E-state index contributed by atoms with van der Waals surface area (Å²) < 4.78 is 1.35. The molecule has 0 aliphatic heterocycles. The number of benzene rings is 1. The van der Waals surface area contributed by atoms with Crippen LogP contribution in [0.15, 0.2) is 45.2 Å². The molecule has 3 aromatic rings. The first-order valence-electron chi connectivity index (χ1n) is 5.83. The fourth-order valence-corrected chi connectivity index (χ4v) is 2.64. The summed E-state index contributed by atoms with van der Waals surface area (Å²) in [5.74, 6) is 0.404. The Morgan fingerprint density at radius 3 is 2.79 bits per heavy atom. The Morgan fingerprint density at radius 1 is 1.21 bits per heavy atom. The second kappa shape index (κ2) is 4.55. The third-order valence-corrected chi connectivity index (χ3v) is 3.79. The fourth-order valence-electron chi connectivity index (χ4n) is 1.79. The monoisotopic (exact) mass is 272 g/mol. The largest absolute Gasteiger partial charge is 0.274 e. The maximum atomic E-state index is 11.8. The summed E-state index contributed by atoms with van der Waals surface area (Å²) in [6, 6.07) is 9.52. The molecular formula is C13H12N4OS. The van der Waals surface area contributed by atoms with E-state index in [1.165, 1.54) is 27.9 Å². The topological polar surface area (TPSA) is 63.0 Å². The Labute approximate surface area is 113 Å². The summed E-state index contributed by atoms with van der Waals surface area (Å²) in [5.41, 5.74) is 1.69. The lowest BCUT2D eigenvalue weighted by molar-refractivity contribution is 0.845. The molecule has 1 N–H and O–H groups in total. The average Bonchev–Trinajstić information content (AvgIpc) is 2.75. The van der Waals surface area contributed by atoms with E-state index in [0.29, 0.717) is 16.6 Å². The fraction of sp³-hybridized carbons (Fsp3) is 0.154. The van der Waals surface area contributed by atoms with Gasteiger partial charge in [-0.1, -0.05) is 30.0 Å². The summed E-state index contributed by atoms with van der Waals surface area (Å²) >= 11 is 1.49. The smallest absolute Gasteiger partial charge is 0.267 e. The summed E-state index contributed by atoms with van der Waals surface area (Å²) in [6.45, 7) is 3.82. The first kappa shape index (κ1) is 12.0. The van der Waals surface area contributed by atoms with Gasteiger partial charge in [0.05, 0.1) is 0 Å². The highest BCUT2D eigenvalue weighted by Gasteiger charge is 2.08. The van der Waals surface area contributed by atoms with E-state index >= 15 is 0 Å². The number of fused-ring (bicyclic) bond motifs is 1. The van der Waals surface area contributed by atoms with Crippen molar-refractivity contribution in [3.05, 3.63) is 51.9 Å². The van der Waals surface area contributed by atoms with Crippen molar-refractivity contribution < 1.29 is 0 Å². The van der Waals surface area contributed by atoms with Crippen molar-refractivity contribution in [2.24, 2.45) is 0 Å². The highest BCUT2D eigenvalue weighted by molar-refractivity contribution is 7.99. The SMILES string of the molecule is Cc1cc(=O)n2[nH]c(Sc3ccccc3C)nc2n1. The zero-order valence-corrected chi connectivity index (χ0v) is 11.4. The van der Waals surface area contributed by atoms with Crippen LogP contribution in [0.4, 0.5) is 0 Å². The molecule has 0 atom stereocenters. The summed E-state index contributed by atoms with van der Waals surface area (Å²) in [6.07, 6.45) is 0. The van der Waals surface area contributed by atoms with Crippen molar-refractivity contribution in [2.45, 2.75) is 23.9 Å². The van der Waals surface area contributed by atoms with E-state index in [9.17, 15) is 4.79 Å². The van der Waals surface area contributed by atoms with Gasteiger partial charge in [-0.25, -0.2) is 4.98 Å². The van der Waals surface area contributed by atoms with Crippen molar-refractivity contribution in [1.82, 2.24) is 19.6 Å². The zero-order valence-electron chi connectivity index (χ0n) is 10.5. The van der Waals surface area contributed by atoms with Crippen LogP contribution in [0.2, 0.25) is 0 Å². The van der Waals surface area contributed by atoms with Crippen LogP contribution in [-0.2, 0) is 0 Å². The van der Waals surface area contributed by atoms with Crippen LogP contribution in [0.3, 0.4) is 0 Å². The Balaban J connectivity index is 2.05. The lowest BCUT2D eigenvalue weighted by Crippen LogP contribution is -2.14. The number of rotatable bonds is 2. The number of aromatic amines is 1. The molecule has 0 unspecified atom stereocenters. The molecule has 0 bridgehead atoms. The minimum atomic E-state index is -0.147. The van der Waals surface area contributed by atoms with Crippen LogP contribution >= 0.6 is 11.8 Å². The van der Waals surface area contributed by atoms with Crippen LogP contribution in [0.5, 0.6) is 0 Å². The molecule has 0 amide bonds. The molecule has 19 heavy (non-hydrogen) atoms. The lowest BCUT2D eigenvalue weighted by Gasteiger charge is -2.00. The van der Waals surface area contributed by atoms with E-state index < -0.39 is 0 Å². The molecule has 0 aliphatic rings. The zero-order chi connectivity index (χ0) is 13.4. The van der Waals surface area contributed by atoms with Crippen LogP contribution < -0.4 is 5.56 Å². The average molecular weight is 272 g/mol. The number of H-pyrrole nitrogens is 1. The van der Waals surface area contributed by atoms with Crippen molar-refractivity contribution in [3.8, 4) is 0 Å². The Bertz CT molecular complexity index is 806. The first-order chi connectivity index (χ1) is 9.13. The quantitative estimate of drug-likeness (QED) is 0.776. The molecule has 5 nitrogen and oxygen atoms in total. The summed E-state index contributed by atoms with van der Waals surface area (Å²) in [5, 5.41) is 3.62. The minimum Gasteiger partial charge on any atom is -0.267 e. The molecule has 2 aromatic heterocycles. The Kier molecular flexibility index (Phi) is 2.87. The molecule has 0 aliphatic carbocycles. The minimum absolute atomic E-state index is 0.147. The maximum absolute atomic E-state index is 11.8. The molecule has 96 valence electrons. The molecule has 0 saturated carbocycles. The van der Waals surface area contributed by atoms with Gasteiger partial charge in [-0.15, -0.1) is 0 Å². The first-order valence-corrected chi connectivity index (χ1v) is 6.65. The van der Waals surface area contributed by atoms with E-state index in [1.54, 1.807) is 6.92 Å². The number of nitrogens with one attached hydrogen (secondary N) is 1. The third-order valence-electron chi connectivity index (χ3n) is 2.74. The van der Waals surface area contributed by atoms with Gasteiger partial charge < -0.3 is 0 Å². The van der Waals surface area contributed by atoms with Crippen LogP contribution in [-0.4, -0.2) is 19.6 Å². The van der Waals surface area contributed by atoms with Crippen molar-refractivity contribution in [2.75, 3.05) is 0 Å². The highest BCUT2D eigenvalue weighted by atomic mass is 32.2. The van der Waals surface area contributed by atoms with Gasteiger partial charge in [-0.3, -0.25) is 9.89 Å². The molecule has 0 saturated heterocycles. The molecule has 0 spiro atoms. The lowest BCUT2D eigenvalue weighted by atomic mass is 10.2. The van der Waals surface area contributed by atoms with Gasteiger partial charge in [-0.2, -0.15) is 9.50 Å². The normalized spacial score (nSPS) is 11.1. The van der Waals surface area contributed by atoms with Crippen LogP contribution in [0, 0.1) is 13.8 Å². The number of hydrogen-bond donors (Lipinski definition) is 1. The van der Waals surface area contributed by atoms with Gasteiger partial charge in [-0.05, 0) is 25.5 Å². The molecule has 0 fully saturated rings.